The number of hydrogen-bond acceptors (Lipinski definition) is 4. The predicted molar refractivity (Wildman–Crippen MR) is 94.4 cm³/mol. The topological polar surface area (TPSA) is 59.8 Å². The molecule has 0 bridgehead atoms. The summed E-state index contributed by atoms with van der Waals surface area (Å²) in [5.41, 5.74) is 1.61. The summed E-state index contributed by atoms with van der Waals surface area (Å²) < 4.78 is 10.8. The molecule has 1 aromatic carbocycles. The van der Waals surface area contributed by atoms with E-state index in [1.54, 1.807) is 30.2 Å². The highest BCUT2D eigenvalue weighted by Gasteiger charge is 2.30. The fraction of sp³-hybridized carbons (Fsp3) is 0.368. The SMILES string of the molecule is CCN(Cc1cc(Cl)ccc1OC)C(=O)c1coc2c1C(=O)CCC2. The number of nitrogens with zero attached hydrogens (tertiary/aromatic N) is 1. The quantitative estimate of drug-likeness (QED) is 0.803. The zero-order valence-corrected chi connectivity index (χ0v) is 15.1. The summed E-state index contributed by atoms with van der Waals surface area (Å²) in [5.74, 6) is 1.05. The third-order valence-corrected chi connectivity index (χ3v) is 4.69. The van der Waals surface area contributed by atoms with Crippen LogP contribution in [0.5, 0.6) is 5.75 Å². The molecule has 5 nitrogen and oxygen atoms in total. The summed E-state index contributed by atoms with van der Waals surface area (Å²) in [6.07, 6.45) is 3.34. The number of carbonyl (C=O) groups is 2. The number of carbonyl (C=O) groups excluding carboxylic acids is 2. The average molecular weight is 362 g/mol. The first-order valence-corrected chi connectivity index (χ1v) is 8.68. The number of amides is 1. The lowest BCUT2D eigenvalue weighted by Crippen LogP contribution is -2.31. The van der Waals surface area contributed by atoms with Crippen LogP contribution in [-0.2, 0) is 13.0 Å². The molecule has 0 radical (unpaired) electrons. The van der Waals surface area contributed by atoms with Crippen LogP contribution in [-0.4, -0.2) is 30.2 Å². The van der Waals surface area contributed by atoms with Gasteiger partial charge in [-0.05, 0) is 31.5 Å². The van der Waals surface area contributed by atoms with Gasteiger partial charge in [0.1, 0.15) is 17.8 Å². The Morgan fingerprint density at radius 2 is 2.16 bits per heavy atom. The molecule has 0 fully saturated rings. The number of aryl methyl sites for hydroxylation is 1. The second kappa shape index (κ2) is 7.31. The minimum absolute atomic E-state index is 0.0188. The molecule has 0 unspecified atom stereocenters. The molecular weight excluding hydrogens is 342 g/mol. The Bertz CT molecular complexity index is 812. The van der Waals surface area contributed by atoms with Crippen LogP contribution in [0.2, 0.25) is 5.02 Å². The number of benzene rings is 1. The molecule has 0 saturated carbocycles. The maximum atomic E-state index is 13.0. The van der Waals surface area contributed by atoms with Gasteiger partial charge in [0, 0.05) is 36.5 Å². The molecule has 0 saturated heterocycles. The summed E-state index contributed by atoms with van der Waals surface area (Å²) in [7, 11) is 1.58. The lowest BCUT2D eigenvalue weighted by Gasteiger charge is -2.22. The minimum atomic E-state index is -0.218. The largest absolute Gasteiger partial charge is 0.496 e. The van der Waals surface area contributed by atoms with Crippen molar-refractivity contribution in [1.29, 1.82) is 0 Å². The van der Waals surface area contributed by atoms with E-state index in [1.165, 1.54) is 6.26 Å². The van der Waals surface area contributed by atoms with Gasteiger partial charge in [-0.3, -0.25) is 9.59 Å². The highest BCUT2D eigenvalue weighted by molar-refractivity contribution is 6.30. The number of fused-ring (bicyclic) bond motifs is 1. The van der Waals surface area contributed by atoms with Crippen LogP contribution in [0.3, 0.4) is 0 Å². The number of ether oxygens (including phenoxy) is 1. The van der Waals surface area contributed by atoms with Crippen molar-refractivity contribution in [1.82, 2.24) is 4.90 Å². The predicted octanol–water partition coefficient (Wildman–Crippen LogP) is 4.12. The van der Waals surface area contributed by atoms with E-state index < -0.39 is 0 Å². The molecule has 2 aromatic rings. The molecule has 25 heavy (non-hydrogen) atoms. The lowest BCUT2D eigenvalue weighted by atomic mass is 9.93. The Balaban J connectivity index is 1.90. The summed E-state index contributed by atoms with van der Waals surface area (Å²) in [4.78, 5) is 26.9. The van der Waals surface area contributed by atoms with Gasteiger partial charge in [-0.1, -0.05) is 11.6 Å². The first kappa shape index (κ1) is 17.5. The van der Waals surface area contributed by atoms with E-state index in [9.17, 15) is 9.59 Å². The Morgan fingerprint density at radius 1 is 1.36 bits per heavy atom. The van der Waals surface area contributed by atoms with Crippen molar-refractivity contribution in [3.8, 4) is 5.75 Å². The zero-order chi connectivity index (χ0) is 18.0. The molecule has 1 aliphatic carbocycles. The number of hydrogen-bond donors (Lipinski definition) is 0. The van der Waals surface area contributed by atoms with E-state index in [-0.39, 0.29) is 11.7 Å². The Kier molecular flexibility index (Phi) is 5.13. The molecule has 1 aliphatic rings. The van der Waals surface area contributed by atoms with Gasteiger partial charge in [-0.25, -0.2) is 0 Å². The number of ketones is 1. The van der Waals surface area contributed by atoms with Crippen molar-refractivity contribution >= 4 is 23.3 Å². The third kappa shape index (κ3) is 3.42. The van der Waals surface area contributed by atoms with Gasteiger partial charge >= 0.3 is 0 Å². The van der Waals surface area contributed by atoms with E-state index in [4.69, 9.17) is 20.8 Å². The van der Waals surface area contributed by atoms with Gasteiger partial charge < -0.3 is 14.1 Å². The van der Waals surface area contributed by atoms with Crippen molar-refractivity contribution < 1.29 is 18.7 Å². The first-order valence-electron chi connectivity index (χ1n) is 8.30. The summed E-state index contributed by atoms with van der Waals surface area (Å²) in [6, 6.07) is 5.30. The Labute approximate surface area is 151 Å². The van der Waals surface area contributed by atoms with Crippen LogP contribution in [0.15, 0.2) is 28.9 Å². The normalized spacial score (nSPS) is 13.5. The number of furan rings is 1. The Morgan fingerprint density at radius 3 is 2.88 bits per heavy atom. The van der Waals surface area contributed by atoms with E-state index in [0.29, 0.717) is 53.6 Å². The maximum absolute atomic E-state index is 13.0. The fourth-order valence-corrected chi connectivity index (χ4v) is 3.35. The van der Waals surface area contributed by atoms with Gasteiger partial charge in [-0.15, -0.1) is 0 Å². The van der Waals surface area contributed by atoms with Gasteiger partial charge in [0.05, 0.1) is 18.2 Å². The third-order valence-electron chi connectivity index (χ3n) is 4.46. The second-order valence-corrected chi connectivity index (χ2v) is 6.44. The molecule has 0 atom stereocenters. The van der Waals surface area contributed by atoms with E-state index >= 15 is 0 Å². The summed E-state index contributed by atoms with van der Waals surface area (Å²) >= 11 is 6.07. The molecule has 0 aliphatic heterocycles. The zero-order valence-electron chi connectivity index (χ0n) is 14.3. The van der Waals surface area contributed by atoms with Crippen LogP contribution >= 0.6 is 11.6 Å². The molecule has 0 N–H and O–H groups in total. The highest BCUT2D eigenvalue weighted by Crippen LogP contribution is 2.29. The lowest BCUT2D eigenvalue weighted by molar-refractivity contribution is 0.0745. The number of Topliss-reactive ketones (excluding diaryl/α,β-unsaturated/α-hetero) is 1. The average Bonchev–Trinajstić information content (AvgIpc) is 3.04. The first-order chi connectivity index (χ1) is 12.0. The van der Waals surface area contributed by atoms with Crippen molar-refractivity contribution in [3.63, 3.8) is 0 Å². The number of halogens is 1. The molecule has 1 amide bonds. The van der Waals surface area contributed by atoms with Gasteiger partial charge in [0.25, 0.3) is 5.91 Å². The smallest absolute Gasteiger partial charge is 0.258 e. The van der Waals surface area contributed by atoms with Crippen LogP contribution in [0.25, 0.3) is 0 Å². The van der Waals surface area contributed by atoms with Gasteiger partial charge in [-0.2, -0.15) is 0 Å². The molecular formula is C19H20ClNO4. The summed E-state index contributed by atoms with van der Waals surface area (Å²) in [6.45, 7) is 2.72. The van der Waals surface area contributed by atoms with Crippen molar-refractivity contribution in [3.05, 3.63) is 51.9 Å². The molecule has 1 aromatic heterocycles. The minimum Gasteiger partial charge on any atom is -0.496 e. The summed E-state index contributed by atoms with van der Waals surface area (Å²) in [5, 5.41) is 0.579. The molecule has 132 valence electrons. The fourth-order valence-electron chi connectivity index (χ4n) is 3.15. The van der Waals surface area contributed by atoms with Crippen molar-refractivity contribution in [2.24, 2.45) is 0 Å². The number of rotatable bonds is 5. The monoisotopic (exact) mass is 361 g/mol. The maximum Gasteiger partial charge on any atom is 0.258 e. The number of methoxy groups -OCH3 is 1. The van der Waals surface area contributed by atoms with Gasteiger partial charge in [0.2, 0.25) is 0 Å². The van der Waals surface area contributed by atoms with E-state index in [1.807, 2.05) is 6.92 Å². The van der Waals surface area contributed by atoms with Crippen molar-refractivity contribution in [2.75, 3.05) is 13.7 Å². The van der Waals surface area contributed by atoms with Crippen LogP contribution < -0.4 is 4.74 Å². The van der Waals surface area contributed by atoms with E-state index in [2.05, 4.69) is 0 Å². The molecule has 1 heterocycles. The highest BCUT2D eigenvalue weighted by atomic mass is 35.5. The standard InChI is InChI=1S/C19H20ClNO4/c1-3-21(10-12-9-13(20)7-8-16(12)24-2)19(23)14-11-25-17-6-4-5-15(22)18(14)17/h7-9,11H,3-6,10H2,1-2H3. The second-order valence-electron chi connectivity index (χ2n) is 6.00. The van der Waals surface area contributed by atoms with Crippen molar-refractivity contribution in [2.45, 2.75) is 32.7 Å². The van der Waals surface area contributed by atoms with Crippen LogP contribution in [0.4, 0.5) is 0 Å². The van der Waals surface area contributed by atoms with E-state index in [0.717, 1.165) is 12.0 Å². The molecule has 3 rings (SSSR count). The molecule has 6 heteroatoms. The van der Waals surface area contributed by atoms with Crippen LogP contribution in [0.1, 0.15) is 51.8 Å². The van der Waals surface area contributed by atoms with Gasteiger partial charge in [0.15, 0.2) is 5.78 Å². The van der Waals surface area contributed by atoms with Crippen LogP contribution in [0, 0.1) is 0 Å². The Hall–Kier alpha value is -2.27. The molecule has 0 spiro atoms.